The summed E-state index contributed by atoms with van der Waals surface area (Å²) in [4.78, 5) is 14.5. The Labute approximate surface area is 164 Å². The largest absolute Gasteiger partial charge is 0.378 e. The number of aromatic nitrogens is 3. The molecule has 1 aromatic heterocycles. The second kappa shape index (κ2) is 9.25. The van der Waals surface area contributed by atoms with E-state index in [-0.39, 0.29) is 12.0 Å². The first-order chi connectivity index (χ1) is 13.3. The van der Waals surface area contributed by atoms with Crippen LogP contribution in [0.15, 0.2) is 5.16 Å². The molecular weight excluding hydrogens is 366 g/mol. The van der Waals surface area contributed by atoms with Crippen LogP contribution in [0.1, 0.15) is 38.5 Å². The molecule has 9 heteroatoms. The van der Waals surface area contributed by atoms with Gasteiger partial charge in [0.25, 0.3) is 0 Å². The maximum absolute atomic E-state index is 12.3. The van der Waals surface area contributed by atoms with Gasteiger partial charge in [0.15, 0.2) is 5.16 Å². The van der Waals surface area contributed by atoms with Crippen molar-refractivity contribution in [3.8, 4) is 0 Å². The van der Waals surface area contributed by atoms with Crippen LogP contribution in [0, 0.1) is 0 Å². The molecule has 150 valence electrons. The van der Waals surface area contributed by atoms with E-state index in [2.05, 4.69) is 25.0 Å². The Morgan fingerprint density at radius 3 is 2.67 bits per heavy atom. The summed E-state index contributed by atoms with van der Waals surface area (Å²) in [5, 5.41) is 12.8. The van der Waals surface area contributed by atoms with Crippen LogP contribution in [0.3, 0.4) is 0 Å². The molecule has 3 aliphatic rings. The maximum atomic E-state index is 12.3. The van der Waals surface area contributed by atoms with Crippen molar-refractivity contribution in [3.63, 3.8) is 0 Å². The fourth-order valence-electron chi connectivity index (χ4n) is 4.01. The van der Waals surface area contributed by atoms with Crippen molar-refractivity contribution >= 4 is 23.6 Å². The second-order valence-electron chi connectivity index (χ2n) is 7.47. The summed E-state index contributed by atoms with van der Waals surface area (Å²) in [6, 6.07) is 0.353. The SMILES string of the molecule is O=C(CSc1nnc(N2CCOCC2)n1CC1CCCO1)NC1CCCC1. The molecule has 4 rings (SSSR count). The monoisotopic (exact) mass is 395 g/mol. The van der Waals surface area contributed by atoms with Gasteiger partial charge in [-0.2, -0.15) is 0 Å². The van der Waals surface area contributed by atoms with Crippen molar-refractivity contribution in [1.82, 2.24) is 20.1 Å². The third-order valence-electron chi connectivity index (χ3n) is 5.45. The van der Waals surface area contributed by atoms with E-state index in [4.69, 9.17) is 9.47 Å². The molecule has 3 fully saturated rings. The van der Waals surface area contributed by atoms with E-state index >= 15 is 0 Å². The molecule has 1 atom stereocenters. The van der Waals surface area contributed by atoms with Crippen molar-refractivity contribution in [2.45, 2.75) is 62.4 Å². The van der Waals surface area contributed by atoms with Gasteiger partial charge in [0.2, 0.25) is 11.9 Å². The average molecular weight is 396 g/mol. The Morgan fingerprint density at radius 2 is 1.93 bits per heavy atom. The van der Waals surface area contributed by atoms with Gasteiger partial charge in [0.05, 0.1) is 31.6 Å². The minimum absolute atomic E-state index is 0.0893. The predicted octanol–water partition coefficient (Wildman–Crippen LogP) is 1.44. The quantitative estimate of drug-likeness (QED) is 0.700. The number of ether oxygens (including phenoxy) is 2. The van der Waals surface area contributed by atoms with Crippen LogP contribution in [0.5, 0.6) is 0 Å². The van der Waals surface area contributed by atoms with Crippen LogP contribution in [0.4, 0.5) is 5.95 Å². The molecule has 1 unspecified atom stereocenters. The van der Waals surface area contributed by atoms with Crippen molar-refractivity contribution < 1.29 is 14.3 Å². The summed E-state index contributed by atoms with van der Waals surface area (Å²) in [5.74, 6) is 1.34. The Hall–Kier alpha value is -1.32. The third-order valence-corrected chi connectivity index (χ3v) is 6.42. The summed E-state index contributed by atoms with van der Waals surface area (Å²) in [5.41, 5.74) is 0. The minimum Gasteiger partial charge on any atom is -0.378 e. The van der Waals surface area contributed by atoms with E-state index in [1.54, 1.807) is 0 Å². The van der Waals surface area contributed by atoms with E-state index in [0.29, 0.717) is 25.0 Å². The maximum Gasteiger partial charge on any atom is 0.230 e. The molecule has 1 aliphatic carbocycles. The van der Waals surface area contributed by atoms with Gasteiger partial charge in [-0.05, 0) is 25.7 Å². The number of rotatable bonds is 7. The van der Waals surface area contributed by atoms with Crippen LogP contribution in [0.2, 0.25) is 0 Å². The Kier molecular flexibility index (Phi) is 6.51. The first-order valence-electron chi connectivity index (χ1n) is 10.1. The fourth-order valence-corrected chi connectivity index (χ4v) is 4.76. The van der Waals surface area contributed by atoms with E-state index in [0.717, 1.165) is 63.0 Å². The van der Waals surface area contributed by atoms with Gasteiger partial charge < -0.3 is 19.7 Å². The normalized spacial score (nSPS) is 23.9. The molecule has 1 amide bonds. The molecular formula is C18H29N5O3S. The molecule has 0 radical (unpaired) electrons. The minimum atomic E-state index is 0.0893. The van der Waals surface area contributed by atoms with Gasteiger partial charge in [-0.1, -0.05) is 24.6 Å². The summed E-state index contributed by atoms with van der Waals surface area (Å²) < 4.78 is 13.4. The first-order valence-corrected chi connectivity index (χ1v) is 11.1. The van der Waals surface area contributed by atoms with Crippen molar-refractivity contribution in [1.29, 1.82) is 0 Å². The average Bonchev–Trinajstić information content (AvgIpc) is 3.44. The highest BCUT2D eigenvalue weighted by molar-refractivity contribution is 7.99. The third kappa shape index (κ3) is 4.94. The van der Waals surface area contributed by atoms with Gasteiger partial charge in [-0.25, -0.2) is 0 Å². The van der Waals surface area contributed by atoms with E-state index in [1.807, 2.05) is 0 Å². The lowest BCUT2D eigenvalue weighted by Gasteiger charge is -2.28. The van der Waals surface area contributed by atoms with Crippen molar-refractivity contribution in [2.24, 2.45) is 0 Å². The number of carbonyl (C=O) groups excluding carboxylic acids is 1. The number of amides is 1. The van der Waals surface area contributed by atoms with Crippen LogP contribution in [-0.4, -0.2) is 71.5 Å². The molecule has 27 heavy (non-hydrogen) atoms. The Bertz CT molecular complexity index is 623. The number of nitrogens with zero attached hydrogens (tertiary/aromatic N) is 4. The van der Waals surface area contributed by atoms with Gasteiger partial charge >= 0.3 is 0 Å². The molecule has 0 bridgehead atoms. The molecule has 0 aromatic carbocycles. The van der Waals surface area contributed by atoms with Gasteiger partial charge in [-0.15, -0.1) is 10.2 Å². The number of hydrogen-bond donors (Lipinski definition) is 1. The van der Waals surface area contributed by atoms with Gasteiger partial charge in [0.1, 0.15) is 0 Å². The molecule has 8 nitrogen and oxygen atoms in total. The van der Waals surface area contributed by atoms with Crippen LogP contribution in [-0.2, 0) is 20.8 Å². The van der Waals surface area contributed by atoms with Gasteiger partial charge in [0, 0.05) is 25.7 Å². The topological polar surface area (TPSA) is 81.5 Å². The summed E-state index contributed by atoms with van der Waals surface area (Å²) in [6.45, 7) is 4.61. The van der Waals surface area contributed by atoms with Crippen molar-refractivity contribution in [2.75, 3.05) is 43.6 Å². The lowest BCUT2D eigenvalue weighted by Crippen LogP contribution is -2.38. The highest BCUT2D eigenvalue weighted by atomic mass is 32.2. The number of anilines is 1. The standard InChI is InChI=1S/C18H29N5O3S/c24-16(19-14-4-1-2-5-14)13-27-18-21-20-17(22-7-10-25-11-8-22)23(18)12-15-6-3-9-26-15/h14-15H,1-13H2,(H,19,24). The van der Waals surface area contributed by atoms with Crippen molar-refractivity contribution in [3.05, 3.63) is 0 Å². The molecule has 3 heterocycles. The number of thioether (sulfide) groups is 1. The lowest BCUT2D eigenvalue weighted by molar-refractivity contribution is -0.119. The number of nitrogens with one attached hydrogen (secondary N) is 1. The zero-order valence-electron chi connectivity index (χ0n) is 15.8. The van der Waals surface area contributed by atoms with Crippen LogP contribution >= 0.6 is 11.8 Å². The number of carbonyl (C=O) groups is 1. The lowest BCUT2D eigenvalue weighted by atomic mass is 10.2. The molecule has 1 N–H and O–H groups in total. The van der Waals surface area contributed by atoms with E-state index in [1.165, 1.54) is 24.6 Å². The van der Waals surface area contributed by atoms with E-state index < -0.39 is 0 Å². The van der Waals surface area contributed by atoms with Crippen LogP contribution in [0.25, 0.3) is 0 Å². The van der Waals surface area contributed by atoms with Crippen LogP contribution < -0.4 is 10.2 Å². The van der Waals surface area contributed by atoms with Gasteiger partial charge in [-0.3, -0.25) is 9.36 Å². The second-order valence-corrected chi connectivity index (χ2v) is 8.41. The fraction of sp³-hybridized carbons (Fsp3) is 0.833. The summed E-state index contributed by atoms with van der Waals surface area (Å²) in [7, 11) is 0. The molecule has 0 spiro atoms. The molecule has 1 saturated carbocycles. The molecule has 1 aromatic rings. The zero-order chi connectivity index (χ0) is 18.5. The summed E-state index contributed by atoms with van der Waals surface area (Å²) >= 11 is 1.47. The smallest absolute Gasteiger partial charge is 0.230 e. The Morgan fingerprint density at radius 1 is 1.11 bits per heavy atom. The zero-order valence-corrected chi connectivity index (χ0v) is 16.6. The highest BCUT2D eigenvalue weighted by Crippen LogP contribution is 2.26. The first kappa shape index (κ1) is 19.0. The molecule has 2 aliphatic heterocycles. The summed E-state index contributed by atoms with van der Waals surface area (Å²) in [6.07, 6.45) is 7.01. The number of hydrogen-bond acceptors (Lipinski definition) is 7. The Balaban J connectivity index is 1.41. The highest BCUT2D eigenvalue weighted by Gasteiger charge is 2.25. The van der Waals surface area contributed by atoms with E-state index in [9.17, 15) is 4.79 Å². The molecule has 2 saturated heterocycles. The number of morpholine rings is 1. The predicted molar refractivity (Wildman–Crippen MR) is 103 cm³/mol.